The summed E-state index contributed by atoms with van der Waals surface area (Å²) in [6.45, 7) is 5.26. The molecule has 1 aromatic rings. The third-order valence-electron chi connectivity index (χ3n) is 2.99. The van der Waals surface area contributed by atoms with E-state index in [4.69, 9.17) is 21.4 Å². The molecule has 2 heterocycles. The van der Waals surface area contributed by atoms with Gasteiger partial charge in [-0.15, -0.1) is 0 Å². The molecule has 5 heteroatoms. The predicted molar refractivity (Wildman–Crippen MR) is 74.4 cm³/mol. The van der Waals surface area contributed by atoms with Crippen LogP contribution in [0.4, 0.5) is 0 Å². The number of hydrogen-bond donors (Lipinski definition) is 1. The summed E-state index contributed by atoms with van der Waals surface area (Å²) in [5.74, 6) is 0.924. The highest BCUT2D eigenvalue weighted by molar-refractivity contribution is 7.80. The van der Waals surface area contributed by atoms with Gasteiger partial charge in [0, 0.05) is 19.7 Å². The fraction of sp³-hybridized carbons (Fsp3) is 0.615. The molecule has 0 aliphatic carbocycles. The Morgan fingerprint density at radius 2 is 2.50 bits per heavy atom. The van der Waals surface area contributed by atoms with E-state index in [1.165, 1.54) is 0 Å². The second-order valence-electron chi connectivity index (χ2n) is 4.43. The molecule has 0 bridgehead atoms. The first kappa shape index (κ1) is 13.4. The first-order valence-corrected chi connectivity index (χ1v) is 6.87. The molecule has 1 atom stereocenters. The highest BCUT2D eigenvalue weighted by Crippen LogP contribution is 2.15. The molecule has 0 spiro atoms. The van der Waals surface area contributed by atoms with Crippen molar-refractivity contribution in [2.75, 3.05) is 19.7 Å². The molecule has 1 N–H and O–H groups in total. The van der Waals surface area contributed by atoms with Crippen molar-refractivity contribution in [3.8, 4) is 0 Å². The third kappa shape index (κ3) is 3.71. The van der Waals surface area contributed by atoms with Crippen molar-refractivity contribution >= 4 is 17.3 Å². The van der Waals surface area contributed by atoms with Crippen LogP contribution in [0.1, 0.15) is 25.5 Å². The highest BCUT2D eigenvalue weighted by atomic mass is 32.1. The van der Waals surface area contributed by atoms with Gasteiger partial charge in [-0.3, -0.25) is 0 Å². The lowest BCUT2D eigenvalue weighted by atomic mass is 10.2. The van der Waals surface area contributed by atoms with Crippen molar-refractivity contribution < 1.29 is 9.15 Å². The molecule has 0 amide bonds. The first-order chi connectivity index (χ1) is 8.79. The molecular formula is C13H20N2O2S. The number of nitrogens with one attached hydrogen (secondary N) is 1. The van der Waals surface area contributed by atoms with Gasteiger partial charge in [-0.2, -0.15) is 0 Å². The number of nitrogens with zero attached hydrogens (tertiary/aromatic N) is 1. The number of furan rings is 1. The van der Waals surface area contributed by atoms with Crippen LogP contribution < -0.4 is 5.32 Å². The van der Waals surface area contributed by atoms with Crippen LogP contribution in [0.2, 0.25) is 0 Å². The normalized spacial score (nSPS) is 18.8. The van der Waals surface area contributed by atoms with Crippen LogP contribution in [0.3, 0.4) is 0 Å². The summed E-state index contributed by atoms with van der Waals surface area (Å²) in [4.78, 5) is 2.12. The van der Waals surface area contributed by atoms with Gasteiger partial charge in [-0.25, -0.2) is 0 Å². The molecular weight excluding hydrogens is 248 g/mol. The Morgan fingerprint density at radius 3 is 3.11 bits per heavy atom. The molecule has 0 saturated carbocycles. The van der Waals surface area contributed by atoms with Gasteiger partial charge in [0.15, 0.2) is 5.11 Å². The Hall–Kier alpha value is -1.07. The quantitative estimate of drug-likeness (QED) is 0.828. The average Bonchev–Trinajstić information content (AvgIpc) is 3.01. The standard InChI is InChI=1S/C13H20N2O2S/c1-2-14-13(18)15(9-11-5-3-7-16-11)10-12-6-4-8-17-12/h3,5,7,12H,2,4,6,8-10H2,1H3,(H,14,18)/t12-/m1/s1. The van der Waals surface area contributed by atoms with Gasteiger partial charge in [0.25, 0.3) is 0 Å². The Balaban J connectivity index is 1.94. The van der Waals surface area contributed by atoms with E-state index in [-0.39, 0.29) is 6.10 Å². The van der Waals surface area contributed by atoms with E-state index in [1.807, 2.05) is 19.1 Å². The summed E-state index contributed by atoms with van der Waals surface area (Å²) < 4.78 is 11.1. The minimum Gasteiger partial charge on any atom is -0.467 e. The minimum absolute atomic E-state index is 0.288. The Morgan fingerprint density at radius 1 is 1.61 bits per heavy atom. The summed E-state index contributed by atoms with van der Waals surface area (Å²) >= 11 is 5.40. The molecule has 0 aromatic carbocycles. The van der Waals surface area contributed by atoms with Gasteiger partial charge < -0.3 is 19.4 Å². The summed E-state index contributed by atoms with van der Waals surface area (Å²) in [5, 5.41) is 3.96. The smallest absolute Gasteiger partial charge is 0.169 e. The van der Waals surface area contributed by atoms with E-state index in [2.05, 4.69) is 10.2 Å². The van der Waals surface area contributed by atoms with Crippen LogP contribution in [-0.4, -0.2) is 35.8 Å². The zero-order valence-corrected chi connectivity index (χ0v) is 11.5. The minimum atomic E-state index is 0.288. The Kier molecular flexibility index (Phi) is 5.01. The molecule has 18 heavy (non-hydrogen) atoms. The predicted octanol–water partition coefficient (Wildman–Crippen LogP) is 2.16. The Bertz CT molecular complexity index is 361. The summed E-state index contributed by atoms with van der Waals surface area (Å²) in [6.07, 6.45) is 4.24. The SMILES string of the molecule is CCNC(=S)N(Cc1ccco1)C[C@H]1CCCO1. The number of hydrogen-bond acceptors (Lipinski definition) is 3. The molecule has 2 rings (SSSR count). The summed E-state index contributed by atoms with van der Waals surface area (Å²) in [6, 6.07) is 3.87. The molecule has 0 radical (unpaired) electrons. The van der Waals surface area contributed by atoms with Crippen LogP contribution in [0, 0.1) is 0 Å². The summed E-state index contributed by atoms with van der Waals surface area (Å²) in [5.41, 5.74) is 0. The lowest BCUT2D eigenvalue weighted by Gasteiger charge is -2.27. The second-order valence-corrected chi connectivity index (χ2v) is 4.82. The summed E-state index contributed by atoms with van der Waals surface area (Å²) in [7, 11) is 0. The van der Waals surface area contributed by atoms with Crippen LogP contribution >= 0.6 is 12.2 Å². The van der Waals surface area contributed by atoms with Gasteiger partial charge in [0.1, 0.15) is 5.76 Å². The molecule has 1 fully saturated rings. The van der Waals surface area contributed by atoms with Gasteiger partial charge >= 0.3 is 0 Å². The van der Waals surface area contributed by atoms with Gasteiger partial charge in [0.05, 0.1) is 18.9 Å². The van der Waals surface area contributed by atoms with E-state index in [0.717, 1.165) is 43.4 Å². The van der Waals surface area contributed by atoms with Crippen molar-refractivity contribution in [3.63, 3.8) is 0 Å². The largest absolute Gasteiger partial charge is 0.467 e. The van der Waals surface area contributed by atoms with E-state index >= 15 is 0 Å². The van der Waals surface area contributed by atoms with Gasteiger partial charge in [-0.1, -0.05) is 0 Å². The monoisotopic (exact) mass is 268 g/mol. The molecule has 0 unspecified atom stereocenters. The molecule has 1 saturated heterocycles. The maximum absolute atomic E-state index is 5.67. The number of rotatable bonds is 5. The molecule has 4 nitrogen and oxygen atoms in total. The van der Waals surface area contributed by atoms with E-state index in [9.17, 15) is 0 Å². The highest BCUT2D eigenvalue weighted by Gasteiger charge is 2.21. The lowest BCUT2D eigenvalue weighted by molar-refractivity contribution is 0.0884. The van der Waals surface area contributed by atoms with Crippen LogP contribution in [-0.2, 0) is 11.3 Å². The fourth-order valence-corrected chi connectivity index (χ4v) is 2.39. The van der Waals surface area contributed by atoms with Gasteiger partial charge in [0.2, 0.25) is 0 Å². The van der Waals surface area contributed by atoms with E-state index < -0.39 is 0 Å². The zero-order chi connectivity index (χ0) is 12.8. The molecule has 1 aromatic heterocycles. The van der Waals surface area contributed by atoms with Crippen molar-refractivity contribution in [3.05, 3.63) is 24.2 Å². The van der Waals surface area contributed by atoms with E-state index in [0.29, 0.717) is 6.54 Å². The fourth-order valence-electron chi connectivity index (χ4n) is 2.11. The first-order valence-electron chi connectivity index (χ1n) is 6.46. The van der Waals surface area contributed by atoms with E-state index in [1.54, 1.807) is 6.26 Å². The van der Waals surface area contributed by atoms with Gasteiger partial charge in [-0.05, 0) is 44.1 Å². The van der Waals surface area contributed by atoms with Crippen LogP contribution in [0.5, 0.6) is 0 Å². The third-order valence-corrected chi connectivity index (χ3v) is 3.39. The zero-order valence-electron chi connectivity index (χ0n) is 10.7. The molecule has 1 aliphatic rings. The number of thiocarbonyl (C=S) groups is 1. The average molecular weight is 268 g/mol. The molecule has 100 valence electrons. The Labute approximate surface area is 113 Å². The second kappa shape index (κ2) is 6.75. The van der Waals surface area contributed by atoms with Crippen molar-refractivity contribution in [1.29, 1.82) is 0 Å². The van der Waals surface area contributed by atoms with Crippen LogP contribution in [0.15, 0.2) is 22.8 Å². The topological polar surface area (TPSA) is 37.6 Å². The maximum atomic E-state index is 5.67. The number of ether oxygens (including phenoxy) is 1. The van der Waals surface area contributed by atoms with Crippen molar-refractivity contribution in [1.82, 2.24) is 10.2 Å². The van der Waals surface area contributed by atoms with Crippen LogP contribution in [0.25, 0.3) is 0 Å². The molecule has 1 aliphatic heterocycles. The van der Waals surface area contributed by atoms with Crippen molar-refractivity contribution in [2.24, 2.45) is 0 Å². The van der Waals surface area contributed by atoms with Crippen molar-refractivity contribution in [2.45, 2.75) is 32.4 Å². The lowest BCUT2D eigenvalue weighted by Crippen LogP contribution is -2.42. The maximum Gasteiger partial charge on any atom is 0.169 e.